The number of hydrogen-bond acceptors (Lipinski definition) is 4. The van der Waals surface area contributed by atoms with Crippen molar-refractivity contribution in [3.05, 3.63) is 34.9 Å². The molecule has 0 fully saturated rings. The van der Waals surface area contributed by atoms with Crippen LogP contribution >= 0.6 is 0 Å². The van der Waals surface area contributed by atoms with E-state index in [1.807, 2.05) is 26.1 Å². The number of benzene rings is 1. The van der Waals surface area contributed by atoms with Gasteiger partial charge >= 0.3 is 11.9 Å². The molecule has 0 saturated carbocycles. The first-order valence-corrected chi connectivity index (χ1v) is 6.41. The highest BCUT2D eigenvalue weighted by Gasteiger charge is 2.19. The first kappa shape index (κ1) is 19.9. The zero-order valence-electron chi connectivity index (χ0n) is 13.1. The van der Waals surface area contributed by atoms with E-state index in [9.17, 15) is 9.59 Å². The van der Waals surface area contributed by atoms with Crippen molar-refractivity contribution in [1.82, 2.24) is 5.32 Å². The van der Waals surface area contributed by atoms with Crippen molar-refractivity contribution in [3.63, 3.8) is 0 Å². The van der Waals surface area contributed by atoms with E-state index in [0.717, 1.165) is 0 Å². The quantitative estimate of drug-likeness (QED) is 0.309. The summed E-state index contributed by atoms with van der Waals surface area (Å²) in [6.07, 6.45) is 0. The van der Waals surface area contributed by atoms with Crippen molar-refractivity contribution >= 4 is 23.9 Å². The fourth-order valence-electron chi connectivity index (χ4n) is 1.45. The maximum absolute atomic E-state index is 10.9. The van der Waals surface area contributed by atoms with Crippen molar-refractivity contribution in [2.45, 2.75) is 26.2 Å². The summed E-state index contributed by atoms with van der Waals surface area (Å²) in [5, 5.41) is 32.7. The Morgan fingerprint density at radius 2 is 1.30 bits per heavy atom. The normalized spacial score (nSPS) is 10.0. The van der Waals surface area contributed by atoms with Crippen molar-refractivity contribution in [2.24, 2.45) is 11.5 Å². The molecule has 0 radical (unpaired) electrons. The van der Waals surface area contributed by atoms with Crippen LogP contribution in [0.3, 0.4) is 0 Å². The zero-order valence-corrected chi connectivity index (χ0v) is 13.1. The van der Waals surface area contributed by atoms with E-state index >= 15 is 0 Å². The summed E-state index contributed by atoms with van der Waals surface area (Å²) in [4.78, 5) is 21.7. The van der Waals surface area contributed by atoms with E-state index in [4.69, 9.17) is 32.5 Å². The fourth-order valence-corrected chi connectivity index (χ4v) is 1.45. The Bertz CT molecular complexity index is 590. The van der Waals surface area contributed by atoms with Crippen molar-refractivity contribution in [3.8, 4) is 0 Å². The minimum atomic E-state index is -1.12. The number of nitrogens with two attached hydrogens (primary N) is 2. The van der Waals surface area contributed by atoms with Gasteiger partial charge in [0.1, 0.15) is 0 Å². The molecule has 0 saturated heterocycles. The van der Waals surface area contributed by atoms with Crippen LogP contribution in [-0.4, -0.2) is 34.1 Å². The van der Waals surface area contributed by atoms with E-state index in [-0.39, 0.29) is 28.5 Å². The molecule has 0 heterocycles. The SMILES string of the molecule is CC(C)(C)c1cc(C(=O)O)cc(C(=O)O)c1.N=C(N)NC(=N)N. The van der Waals surface area contributed by atoms with Crippen LogP contribution in [-0.2, 0) is 5.41 Å². The maximum Gasteiger partial charge on any atom is 0.335 e. The summed E-state index contributed by atoms with van der Waals surface area (Å²) in [6, 6.07) is 4.18. The van der Waals surface area contributed by atoms with Gasteiger partial charge in [0.05, 0.1) is 11.1 Å². The summed E-state index contributed by atoms with van der Waals surface area (Å²) in [6.45, 7) is 5.71. The molecule has 0 aliphatic heterocycles. The summed E-state index contributed by atoms with van der Waals surface area (Å²) < 4.78 is 0. The number of carboxylic acid groups (broad SMARTS) is 2. The predicted octanol–water partition coefficient (Wildman–Crippen LogP) is 0.743. The van der Waals surface area contributed by atoms with Gasteiger partial charge in [-0.25, -0.2) is 9.59 Å². The third kappa shape index (κ3) is 7.46. The minimum absolute atomic E-state index is 0.00447. The summed E-state index contributed by atoms with van der Waals surface area (Å²) >= 11 is 0. The molecule has 0 aliphatic carbocycles. The number of rotatable bonds is 2. The second-order valence-corrected chi connectivity index (χ2v) is 5.61. The summed E-state index contributed by atoms with van der Waals surface area (Å²) in [7, 11) is 0. The Morgan fingerprint density at radius 3 is 1.48 bits per heavy atom. The molecule has 9 nitrogen and oxygen atoms in total. The molecule has 0 bridgehead atoms. The topological polar surface area (TPSA) is 186 Å². The lowest BCUT2D eigenvalue weighted by molar-refractivity contribution is 0.0696. The molecular formula is C14H21N5O4. The molecule has 23 heavy (non-hydrogen) atoms. The molecular weight excluding hydrogens is 302 g/mol. The molecule has 0 aliphatic rings. The standard InChI is InChI=1S/C12H14O4.C2H7N5/c1-12(2,3)9-5-7(10(13)14)4-8(6-9)11(15)16;3-1(4)7-2(5)6/h4-6H,1-3H3,(H,13,14)(H,15,16);(H7,3,4,5,6,7). The lowest BCUT2D eigenvalue weighted by Gasteiger charge is -2.20. The maximum atomic E-state index is 10.9. The number of aromatic carboxylic acids is 2. The van der Waals surface area contributed by atoms with Gasteiger partial charge in [0, 0.05) is 0 Å². The van der Waals surface area contributed by atoms with Crippen LogP contribution in [0.2, 0.25) is 0 Å². The van der Waals surface area contributed by atoms with Crippen molar-refractivity contribution < 1.29 is 19.8 Å². The molecule has 1 aromatic rings. The molecule has 9 N–H and O–H groups in total. The summed E-state index contributed by atoms with van der Waals surface area (Å²) in [5.41, 5.74) is 9.92. The second kappa shape index (κ2) is 7.78. The number of nitrogens with one attached hydrogen (secondary N) is 3. The van der Waals surface area contributed by atoms with Gasteiger partial charge in [-0.1, -0.05) is 20.8 Å². The molecule has 0 aromatic heterocycles. The first-order chi connectivity index (χ1) is 10.3. The Kier molecular flexibility index (Phi) is 6.73. The van der Waals surface area contributed by atoms with Crippen molar-refractivity contribution in [1.29, 1.82) is 10.8 Å². The van der Waals surface area contributed by atoms with Crippen molar-refractivity contribution in [2.75, 3.05) is 0 Å². The third-order valence-electron chi connectivity index (χ3n) is 2.56. The van der Waals surface area contributed by atoms with Crippen LogP contribution in [0, 0.1) is 10.8 Å². The Labute approximate surface area is 133 Å². The van der Waals surface area contributed by atoms with Gasteiger partial charge in [-0.3, -0.25) is 16.1 Å². The van der Waals surface area contributed by atoms with Gasteiger partial charge < -0.3 is 21.7 Å². The van der Waals surface area contributed by atoms with Gasteiger partial charge in [0.25, 0.3) is 0 Å². The molecule has 126 valence electrons. The zero-order chi connectivity index (χ0) is 18.4. The average molecular weight is 323 g/mol. The molecule has 0 amide bonds. The van der Waals surface area contributed by atoms with E-state index in [2.05, 4.69) is 0 Å². The largest absolute Gasteiger partial charge is 0.478 e. The highest BCUT2D eigenvalue weighted by molar-refractivity contribution is 5.94. The number of carbonyl (C=O) groups is 2. The number of guanidine groups is 2. The third-order valence-corrected chi connectivity index (χ3v) is 2.56. The molecule has 1 aromatic carbocycles. The molecule has 0 unspecified atom stereocenters. The van der Waals surface area contributed by atoms with Gasteiger partial charge in [-0.2, -0.15) is 0 Å². The smallest absolute Gasteiger partial charge is 0.335 e. The molecule has 0 atom stereocenters. The van der Waals surface area contributed by atoms with Crippen LogP contribution in [0.1, 0.15) is 47.1 Å². The number of carboxylic acids is 2. The summed E-state index contributed by atoms with van der Waals surface area (Å²) in [5.74, 6) is -2.86. The molecule has 0 spiro atoms. The first-order valence-electron chi connectivity index (χ1n) is 6.41. The van der Waals surface area contributed by atoms with Crippen LogP contribution in [0.5, 0.6) is 0 Å². The predicted molar refractivity (Wildman–Crippen MR) is 86.0 cm³/mol. The number of hydrogen-bond donors (Lipinski definition) is 7. The minimum Gasteiger partial charge on any atom is -0.478 e. The highest BCUT2D eigenvalue weighted by atomic mass is 16.4. The van der Waals surface area contributed by atoms with Crippen LogP contribution in [0.4, 0.5) is 0 Å². The van der Waals surface area contributed by atoms with Crippen LogP contribution in [0.15, 0.2) is 18.2 Å². The van der Waals surface area contributed by atoms with E-state index in [1.54, 1.807) is 0 Å². The fraction of sp³-hybridized carbons (Fsp3) is 0.286. The Hall–Kier alpha value is -3.10. The lowest BCUT2D eigenvalue weighted by atomic mass is 9.85. The lowest BCUT2D eigenvalue weighted by Crippen LogP contribution is -2.39. The Morgan fingerprint density at radius 1 is 0.957 bits per heavy atom. The van der Waals surface area contributed by atoms with Gasteiger partial charge in [0.2, 0.25) is 0 Å². The van der Waals surface area contributed by atoms with Gasteiger partial charge in [0.15, 0.2) is 11.9 Å². The molecule has 9 heteroatoms. The van der Waals surface area contributed by atoms with Crippen LogP contribution < -0.4 is 16.8 Å². The van der Waals surface area contributed by atoms with Gasteiger partial charge in [-0.15, -0.1) is 0 Å². The molecule has 1 rings (SSSR count). The monoisotopic (exact) mass is 323 g/mol. The van der Waals surface area contributed by atoms with E-state index < -0.39 is 11.9 Å². The second-order valence-electron chi connectivity index (χ2n) is 5.61. The van der Waals surface area contributed by atoms with Gasteiger partial charge in [-0.05, 0) is 29.2 Å². The Balaban J connectivity index is 0.000000585. The average Bonchev–Trinajstić information content (AvgIpc) is 2.36. The van der Waals surface area contributed by atoms with E-state index in [0.29, 0.717) is 5.56 Å². The highest BCUT2D eigenvalue weighted by Crippen LogP contribution is 2.24. The van der Waals surface area contributed by atoms with E-state index in [1.165, 1.54) is 18.2 Å². The van der Waals surface area contributed by atoms with Crippen LogP contribution in [0.25, 0.3) is 0 Å².